The monoisotopic (exact) mass is 448 g/mol. The zero-order valence-corrected chi connectivity index (χ0v) is 18.4. The fourth-order valence-corrected chi connectivity index (χ4v) is 3.73. The summed E-state index contributed by atoms with van der Waals surface area (Å²) in [6, 6.07) is 10.8. The molecule has 0 heterocycles. The number of methoxy groups -OCH3 is 2. The second-order valence-electron chi connectivity index (χ2n) is 6.34. The molecule has 31 heavy (non-hydrogen) atoms. The number of anilines is 1. The van der Waals surface area contributed by atoms with Crippen LogP contribution < -0.4 is 20.2 Å². The predicted molar refractivity (Wildman–Crippen MR) is 116 cm³/mol. The Morgan fingerprint density at radius 3 is 2.35 bits per heavy atom. The lowest BCUT2D eigenvalue weighted by Crippen LogP contribution is -2.36. The maximum absolute atomic E-state index is 12.6. The number of sulfonamides is 1. The molecule has 0 unspecified atom stereocenters. The molecule has 2 rings (SSSR count). The van der Waals surface area contributed by atoms with Gasteiger partial charge in [0.25, 0.3) is 5.91 Å². The molecule has 0 saturated carbocycles. The van der Waals surface area contributed by atoms with Crippen molar-refractivity contribution in [2.24, 2.45) is 5.10 Å². The number of ether oxygens (including phenoxy) is 2. The van der Waals surface area contributed by atoms with Gasteiger partial charge in [0.15, 0.2) is 11.5 Å². The predicted octanol–water partition coefficient (Wildman–Crippen LogP) is 1.43. The number of hydrazone groups is 1. The average Bonchev–Trinajstić information content (AvgIpc) is 2.73. The third-order valence-corrected chi connectivity index (χ3v) is 5.89. The summed E-state index contributed by atoms with van der Waals surface area (Å²) in [6.45, 7) is 0.909. The van der Waals surface area contributed by atoms with Crippen molar-refractivity contribution in [1.82, 2.24) is 9.73 Å². The van der Waals surface area contributed by atoms with Gasteiger partial charge in [-0.1, -0.05) is 6.07 Å². The quantitative estimate of drug-likeness (QED) is 0.441. The van der Waals surface area contributed by atoms with Crippen LogP contribution in [-0.4, -0.2) is 58.6 Å². The molecule has 166 valence electrons. The summed E-state index contributed by atoms with van der Waals surface area (Å²) in [6.07, 6.45) is 1.37. The summed E-state index contributed by atoms with van der Waals surface area (Å²) in [4.78, 5) is 23.2. The van der Waals surface area contributed by atoms with Gasteiger partial charge in [0.2, 0.25) is 15.9 Å². The Hall–Kier alpha value is -3.44. The van der Waals surface area contributed by atoms with Crippen molar-refractivity contribution in [3.63, 3.8) is 0 Å². The van der Waals surface area contributed by atoms with Crippen LogP contribution in [0.4, 0.5) is 5.69 Å². The number of likely N-dealkylation sites (N-methyl/N-ethyl adjacent to an activating group) is 1. The Morgan fingerprint density at radius 2 is 1.77 bits per heavy atom. The van der Waals surface area contributed by atoms with Gasteiger partial charge in [-0.25, -0.2) is 13.8 Å². The summed E-state index contributed by atoms with van der Waals surface area (Å²) >= 11 is 0. The first-order chi connectivity index (χ1) is 14.7. The van der Waals surface area contributed by atoms with Gasteiger partial charge in [-0.3, -0.25) is 9.59 Å². The minimum absolute atomic E-state index is 0.0125. The highest BCUT2D eigenvalue weighted by atomic mass is 32.2. The number of hydrogen-bond acceptors (Lipinski definition) is 7. The Morgan fingerprint density at radius 1 is 1.10 bits per heavy atom. The van der Waals surface area contributed by atoms with Crippen molar-refractivity contribution in [2.45, 2.75) is 11.8 Å². The minimum atomic E-state index is -3.90. The van der Waals surface area contributed by atoms with E-state index in [9.17, 15) is 18.0 Å². The molecule has 0 aliphatic heterocycles. The molecule has 0 atom stereocenters. The zero-order chi connectivity index (χ0) is 23.0. The second kappa shape index (κ2) is 10.5. The van der Waals surface area contributed by atoms with Gasteiger partial charge in [-0.05, 0) is 36.4 Å². The van der Waals surface area contributed by atoms with Gasteiger partial charge in [0.1, 0.15) is 0 Å². The molecule has 0 bridgehead atoms. The Labute approximate surface area is 180 Å². The zero-order valence-electron chi connectivity index (χ0n) is 17.6. The maximum Gasteiger partial charge on any atom is 0.255 e. The van der Waals surface area contributed by atoms with E-state index in [0.29, 0.717) is 22.7 Å². The van der Waals surface area contributed by atoms with Crippen LogP contribution in [-0.2, 0) is 19.6 Å². The molecule has 2 aromatic rings. The number of nitrogens with zero attached hydrogens (tertiary/aromatic N) is 2. The summed E-state index contributed by atoms with van der Waals surface area (Å²) in [7, 11) is 0.365. The molecular formula is C20H24N4O6S. The van der Waals surface area contributed by atoms with Crippen molar-refractivity contribution in [2.75, 3.05) is 33.1 Å². The standard InChI is InChI=1S/C20H24N4O6S/c1-14(25)22-16-8-10-17(11-9-16)31(27,28)24(2)13-19(26)23-21-12-15-6-5-7-18(29-3)20(15)30-4/h5-12H,13H2,1-4H3,(H,22,25)(H,23,26)/b21-12+. The molecule has 2 N–H and O–H groups in total. The van der Waals surface area contributed by atoms with Gasteiger partial charge in [0, 0.05) is 25.2 Å². The highest BCUT2D eigenvalue weighted by Gasteiger charge is 2.23. The molecule has 0 spiro atoms. The van der Waals surface area contributed by atoms with E-state index in [2.05, 4.69) is 15.8 Å². The van der Waals surface area contributed by atoms with Crippen LogP contribution in [0.5, 0.6) is 11.5 Å². The van der Waals surface area contributed by atoms with Crippen molar-refractivity contribution in [3.05, 3.63) is 48.0 Å². The lowest BCUT2D eigenvalue weighted by atomic mass is 10.2. The van der Waals surface area contributed by atoms with Crippen LogP contribution in [0.15, 0.2) is 52.5 Å². The number of carbonyl (C=O) groups excluding carboxylic acids is 2. The highest BCUT2D eigenvalue weighted by molar-refractivity contribution is 7.89. The van der Waals surface area contributed by atoms with Gasteiger partial charge in [0.05, 0.1) is 31.9 Å². The van der Waals surface area contributed by atoms with Gasteiger partial charge >= 0.3 is 0 Å². The van der Waals surface area contributed by atoms with E-state index >= 15 is 0 Å². The number of benzene rings is 2. The number of nitrogens with one attached hydrogen (secondary N) is 2. The van der Waals surface area contributed by atoms with Crippen molar-refractivity contribution >= 4 is 33.7 Å². The van der Waals surface area contributed by atoms with Crippen LogP contribution in [0.3, 0.4) is 0 Å². The molecule has 2 amide bonds. The molecule has 0 fully saturated rings. The van der Waals surface area contributed by atoms with Crippen molar-refractivity contribution in [1.29, 1.82) is 0 Å². The molecule has 0 radical (unpaired) electrons. The first-order valence-electron chi connectivity index (χ1n) is 9.06. The van der Waals surface area contributed by atoms with E-state index in [1.807, 2.05) is 0 Å². The highest BCUT2D eigenvalue weighted by Crippen LogP contribution is 2.29. The second-order valence-corrected chi connectivity index (χ2v) is 8.39. The number of amides is 2. The van der Waals surface area contributed by atoms with E-state index in [0.717, 1.165) is 4.31 Å². The number of rotatable bonds is 9. The first-order valence-corrected chi connectivity index (χ1v) is 10.5. The van der Waals surface area contributed by atoms with Crippen LogP contribution in [0, 0.1) is 0 Å². The van der Waals surface area contributed by atoms with Gasteiger partial charge in [-0.15, -0.1) is 0 Å². The van der Waals surface area contributed by atoms with Crippen LogP contribution in [0.1, 0.15) is 12.5 Å². The normalized spacial score (nSPS) is 11.4. The fraction of sp³-hybridized carbons (Fsp3) is 0.250. The van der Waals surface area contributed by atoms with E-state index in [1.54, 1.807) is 18.2 Å². The topological polar surface area (TPSA) is 126 Å². The lowest BCUT2D eigenvalue weighted by molar-refractivity contribution is -0.121. The summed E-state index contributed by atoms with van der Waals surface area (Å²) in [5.41, 5.74) is 3.32. The first kappa shape index (κ1) is 23.8. The molecule has 0 saturated heterocycles. The molecular weight excluding hydrogens is 424 g/mol. The van der Waals surface area contributed by atoms with Gasteiger partial charge < -0.3 is 14.8 Å². The summed E-state index contributed by atoms with van der Waals surface area (Å²) in [5, 5.41) is 6.40. The van der Waals surface area contributed by atoms with Crippen LogP contribution >= 0.6 is 0 Å². The number of carbonyl (C=O) groups is 2. The SMILES string of the molecule is COc1cccc(/C=N/NC(=O)CN(C)S(=O)(=O)c2ccc(NC(C)=O)cc2)c1OC. The van der Waals surface area contributed by atoms with E-state index in [4.69, 9.17) is 9.47 Å². The lowest BCUT2D eigenvalue weighted by Gasteiger charge is -2.16. The Bertz CT molecular complexity index is 1070. The molecule has 0 aliphatic carbocycles. The van der Waals surface area contributed by atoms with E-state index < -0.39 is 22.5 Å². The van der Waals surface area contributed by atoms with Crippen LogP contribution in [0.2, 0.25) is 0 Å². The maximum atomic E-state index is 12.6. The third kappa shape index (κ3) is 6.27. The molecule has 0 aliphatic rings. The number of hydrogen-bond donors (Lipinski definition) is 2. The number of para-hydroxylation sites is 1. The Balaban J connectivity index is 2.02. The molecule has 0 aromatic heterocycles. The van der Waals surface area contributed by atoms with Gasteiger partial charge in [-0.2, -0.15) is 9.41 Å². The minimum Gasteiger partial charge on any atom is -0.493 e. The summed E-state index contributed by atoms with van der Waals surface area (Å²) in [5.74, 6) is 0.0640. The third-order valence-electron chi connectivity index (χ3n) is 4.08. The summed E-state index contributed by atoms with van der Waals surface area (Å²) < 4.78 is 36.6. The van der Waals surface area contributed by atoms with Crippen molar-refractivity contribution < 1.29 is 27.5 Å². The molecule has 11 heteroatoms. The Kier molecular flexibility index (Phi) is 8.11. The van der Waals surface area contributed by atoms with Crippen molar-refractivity contribution in [3.8, 4) is 11.5 Å². The molecule has 2 aromatic carbocycles. The van der Waals surface area contributed by atoms with Crippen LogP contribution in [0.25, 0.3) is 0 Å². The average molecular weight is 449 g/mol. The van der Waals surface area contributed by atoms with E-state index in [1.165, 1.54) is 58.7 Å². The smallest absolute Gasteiger partial charge is 0.255 e. The van der Waals surface area contributed by atoms with E-state index in [-0.39, 0.29) is 10.8 Å². The fourth-order valence-electron chi connectivity index (χ4n) is 2.60. The molecule has 10 nitrogen and oxygen atoms in total. The largest absolute Gasteiger partial charge is 0.493 e.